The molecule has 1 saturated heterocycles. The Hall–Kier alpha value is -2.60. The number of primary amides is 1. The van der Waals surface area contributed by atoms with Gasteiger partial charge in [-0.1, -0.05) is 29.8 Å². The summed E-state index contributed by atoms with van der Waals surface area (Å²) in [6.45, 7) is 4.01. The summed E-state index contributed by atoms with van der Waals surface area (Å²) < 4.78 is 0. The average molecular weight is 359 g/mol. The van der Waals surface area contributed by atoms with E-state index in [1.807, 2.05) is 18.2 Å². The molecule has 2 heterocycles. The fourth-order valence-corrected chi connectivity index (χ4v) is 3.29. The summed E-state index contributed by atoms with van der Waals surface area (Å²) in [5.74, 6) is -0.862. The van der Waals surface area contributed by atoms with E-state index in [1.165, 1.54) is 12.1 Å². The summed E-state index contributed by atoms with van der Waals surface area (Å²) in [5.41, 5.74) is 6.68. The maximum Gasteiger partial charge on any atom is 0.272 e. The first-order chi connectivity index (χ1) is 12.0. The zero-order chi connectivity index (χ0) is 18.0. The van der Waals surface area contributed by atoms with E-state index in [9.17, 15) is 9.59 Å². The van der Waals surface area contributed by atoms with E-state index in [0.29, 0.717) is 13.1 Å². The van der Waals surface area contributed by atoms with Crippen molar-refractivity contribution in [2.24, 2.45) is 5.73 Å². The van der Waals surface area contributed by atoms with Gasteiger partial charge in [-0.05, 0) is 31.2 Å². The number of para-hydroxylation sites is 1. The van der Waals surface area contributed by atoms with Gasteiger partial charge in [0.05, 0.1) is 5.56 Å². The summed E-state index contributed by atoms with van der Waals surface area (Å²) in [6.07, 6.45) is 0. The molecule has 0 radical (unpaired) electrons. The molecule has 2 aromatic rings. The third-order valence-corrected chi connectivity index (χ3v) is 4.62. The van der Waals surface area contributed by atoms with Gasteiger partial charge in [0.25, 0.3) is 11.8 Å². The molecule has 0 spiro atoms. The minimum absolute atomic E-state index is 0.0469. The van der Waals surface area contributed by atoms with Crippen molar-refractivity contribution in [3.8, 4) is 0 Å². The highest BCUT2D eigenvalue weighted by molar-refractivity contribution is 6.32. The molecule has 6 nitrogen and oxygen atoms in total. The molecule has 25 heavy (non-hydrogen) atoms. The molecule has 1 atom stereocenters. The second-order valence-corrected chi connectivity index (χ2v) is 6.39. The fourth-order valence-electron chi connectivity index (χ4n) is 3.04. The molecular weight excluding hydrogens is 340 g/mol. The van der Waals surface area contributed by atoms with Crippen LogP contribution in [0.4, 0.5) is 5.69 Å². The lowest BCUT2D eigenvalue weighted by Crippen LogP contribution is -2.53. The Morgan fingerprint density at radius 3 is 2.48 bits per heavy atom. The molecule has 1 aliphatic heterocycles. The van der Waals surface area contributed by atoms with Gasteiger partial charge in [-0.15, -0.1) is 0 Å². The van der Waals surface area contributed by atoms with Gasteiger partial charge in [0.15, 0.2) is 0 Å². The number of carbonyl (C=O) groups excluding carboxylic acids is 2. The van der Waals surface area contributed by atoms with E-state index in [-0.39, 0.29) is 28.4 Å². The number of nitrogens with two attached hydrogens (primary N) is 1. The molecule has 0 bridgehead atoms. The topological polar surface area (TPSA) is 79.5 Å². The minimum Gasteiger partial charge on any atom is -0.366 e. The van der Waals surface area contributed by atoms with Gasteiger partial charge < -0.3 is 15.5 Å². The number of pyridine rings is 1. The highest BCUT2D eigenvalue weighted by atomic mass is 35.5. The van der Waals surface area contributed by atoms with Gasteiger partial charge in [0, 0.05) is 31.4 Å². The van der Waals surface area contributed by atoms with E-state index in [2.05, 4.69) is 28.9 Å². The summed E-state index contributed by atoms with van der Waals surface area (Å²) in [5, 5.41) is -0.0469. The van der Waals surface area contributed by atoms with Crippen LogP contribution in [0.5, 0.6) is 0 Å². The largest absolute Gasteiger partial charge is 0.366 e. The number of hydrogen-bond acceptors (Lipinski definition) is 4. The van der Waals surface area contributed by atoms with Crippen molar-refractivity contribution in [1.29, 1.82) is 0 Å². The number of rotatable bonds is 3. The maximum absolute atomic E-state index is 12.7. The molecule has 7 heteroatoms. The lowest BCUT2D eigenvalue weighted by molar-refractivity contribution is 0.0720. The molecule has 0 aliphatic carbocycles. The van der Waals surface area contributed by atoms with Crippen LogP contribution in [0.2, 0.25) is 5.15 Å². The van der Waals surface area contributed by atoms with Gasteiger partial charge in [0.1, 0.15) is 10.8 Å². The first-order valence-electron chi connectivity index (χ1n) is 8.04. The molecule has 2 N–H and O–H groups in total. The van der Waals surface area contributed by atoms with Crippen molar-refractivity contribution in [2.45, 2.75) is 13.0 Å². The summed E-state index contributed by atoms with van der Waals surface area (Å²) in [6, 6.07) is 13.2. The number of aromatic nitrogens is 1. The van der Waals surface area contributed by atoms with Crippen LogP contribution in [0.15, 0.2) is 42.5 Å². The lowest BCUT2D eigenvalue weighted by atomic mass is 10.1. The Balaban J connectivity index is 1.73. The molecular formula is C18H19ClN4O2. The monoisotopic (exact) mass is 358 g/mol. The number of benzene rings is 1. The van der Waals surface area contributed by atoms with Crippen LogP contribution >= 0.6 is 11.6 Å². The first kappa shape index (κ1) is 17.2. The number of nitrogens with zero attached hydrogens (tertiary/aromatic N) is 3. The van der Waals surface area contributed by atoms with E-state index < -0.39 is 5.91 Å². The molecule has 1 aliphatic rings. The molecule has 1 fully saturated rings. The van der Waals surface area contributed by atoms with Crippen LogP contribution in [0.3, 0.4) is 0 Å². The Bertz CT molecular complexity index is 797. The van der Waals surface area contributed by atoms with Crippen molar-refractivity contribution in [3.63, 3.8) is 0 Å². The number of amides is 2. The second kappa shape index (κ2) is 7.11. The van der Waals surface area contributed by atoms with Gasteiger partial charge >= 0.3 is 0 Å². The quantitative estimate of drug-likeness (QED) is 0.853. The van der Waals surface area contributed by atoms with Crippen LogP contribution in [0, 0.1) is 0 Å². The number of halogens is 1. The predicted octanol–water partition coefficient (Wildman–Crippen LogP) is 2.18. The van der Waals surface area contributed by atoms with Gasteiger partial charge in [-0.2, -0.15) is 0 Å². The summed E-state index contributed by atoms with van der Waals surface area (Å²) >= 11 is 5.95. The molecule has 1 aromatic carbocycles. The molecule has 0 saturated carbocycles. The van der Waals surface area contributed by atoms with Gasteiger partial charge in [-0.25, -0.2) is 4.98 Å². The zero-order valence-corrected chi connectivity index (χ0v) is 14.6. The molecule has 1 unspecified atom stereocenters. The standard InChI is InChI=1S/C18H19ClN4O2/c1-12-11-22(9-10-23(12)13-5-3-2-4-6-13)18(25)15-8-7-14(17(20)24)16(19)21-15/h2-8,12H,9-11H2,1H3,(H2,20,24). The van der Waals surface area contributed by atoms with Crippen LogP contribution in [0.1, 0.15) is 27.8 Å². The fraction of sp³-hybridized carbons (Fsp3) is 0.278. The Labute approximate surface area is 151 Å². The second-order valence-electron chi connectivity index (χ2n) is 6.03. The Kier molecular flexibility index (Phi) is 4.90. The van der Waals surface area contributed by atoms with Crippen molar-refractivity contribution in [2.75, 3.05) is 24.5 Å². The number of carbonyl (C=O) groups is 2. The van der Waals surface area contributed by atoms with Crippen LogP contribution in [-0.2, 0) is 0 Å². The summed E-state index contributed by atoms with van der Waals surface area (Å²) in [7, 11) is 0. The van der Waals surface area contributed by atoms with E-state index >= 15 is 0 Å². The predicted molar refractivity (Wildman–Crippen MR) is 96.9 cm³/mol. The smallest absolute Gasteiger partial charge is 0.272 e. The number of hydrogen-bond donors (Lipinski definition) is 1. The number of anilines is 1. The van der Waals surface area contributed by atoms with Crippen molar-refractivity contribution in [3.05, 3.63) is 58.9 Å². The van der Waals surface area contributed by atoms with E-state index in [0.717, 1.165) is 12.2 Å². The maximum atomic E-state index is 12.7. The van der Waals surface area contributed by atoms with Gasteiger partial charge in [0.2, 0.25) is 0 Å². The first-order valence-corrected chi connectivity index (χ1v) is 8.42. The minimum atomic E-state index is -0.665. The van der Waals surface area contributed by atoms with Crippen LogP contribution < -0.4 is 10.6 Å². The van der Waals surface area contributed by atoms with Gasteiger partial charge in [-0.3, -0.25) is 9.59 Å². The van der Waals surface area contributed by atoms with Crippen LogP contribution in [-0.4, -0.2) is 47.4 Å². The third-order valence-electron chi connectivity index (χ3n) is 4.34. The molecule has 3 rings (SSSR count). The van der Waals surface area contributed by atoms with Crippen LogP contribution in [0.25, 0.3) is 0 Å². The number of piperazine rings is 1. The third kappa shape index (κ3) is 3.58. The molecule has 2 amide bonds. The molecule has 1 aromatic heterocycles. The Morgan fingerprint density at radius 1 is 1.16 bits per heavy atom. The van der Waals surface area contributed by atoms with Crippen molar-refractivity contribution < 1.29 is 9.59 Å². The van der Waals surface area contributed by atoms with Crippen molar-refractivity contribution in [1.82, 2.24) is 9.88 Å². The Morgan fingerprint density at radius 2 is 1.88 bits per heavy atom. The van der Waals surface area contributed by atoms with E-state index in [4.69, 9.17) is 17.3 Å². The highest BCUT2D eigenvalue weighted by Gasteiger charge is 2.28. The van der Waals surface area contributed by atoms with Crippen molar-refractivity contribution >= 4 is 29.1 Å². The molecule has 130 valence electrons. The highest BCUT2D eigenvalue weighted by Crippen LogP contribution is 2.21. The SMILES string of the molecule is CC1CN(C(=O)c2ccc(C(N)=O)c(Cl)n2)CCN1c1ccccc1. The lowest BCUT2D eigenvalue weighted by Gasteiger charge is -2.41. The zero-order valence-electron chi connectivity index (χ0n) is 13.9. The summed E-state index contributed by atoms with van der Waals surface area (Å²) in [4.78, 5) is 32.0. The average Bonchev–Trinajstić information content (AvgIpc) is 2.61. The normalized spacial score (nSPS) is 17.4. The van der Waals surface area contributed by atoms with E-state index in [1.54, 1.807) is 4.90 Å².